The van der Waals surface area contributed by atoms with Crippen LogP contribution in [-0.4, -0.2) is 22.6 Å². The Morgan fingerprint density at radius 2 is 1.82 bits per heavy atom. The van der Waals surface area contributed by atoms with Crippen LogP contribution in [0.5, 0.6) is 5.88 Å². The number of anilines is 1. The molecule has 0 aliphatic rings. The van der Waals surface area contributed by atoms with Crippen molar-refractivity contribution in [1.82, 2.24) is 9.55 Å². The van der Waals surface area contributed by atoms with Crippen molar-refractivity contribution in [2.24, 2.45) is 0 Å². The van der Waals surface area contributed by atoms with Crippen molar-refractivity contribution in [3.8, 4) is 5.88 Å². The molecule has 5 heteroatoms. The lowest BCUT2D eigenvalue weighted by Gasteiger charge is -2.21. The predicted octanol–water partition coefficient (Wildman–Crippen LogP) is 4.66. The van der Waals surface area contributed by atoms with Crippen LogP contribution in [-0.2, 0) is 4.79 Å². The maximum absolute atomic E-state index is 12.8. The summed E-state index contributed by atoms with van der Waals surface area (Å²) in [5.74, 6) is 0.442. The molecule has 0 bridgehead atoms. The Morgan fingerprint density at radius 3 is 2.57 bits per heavy atom. The molecule has 2 heterocycles. The monoisotopic (exact) mass is 371 g/mol. The highest BCUT2D eigenvalue weighted by Crippen LogP contribution is 2.30. The number of ether oxygens (including phenoxy) is 1. The maximum atomic E-state index is 12.8. The van der Waals surface area contributed by atoms with Crippen molar-refractivity contribution in [3.05, 3.63) is 90.9 Å². The zero-order valence-electron chi connectivity index (χ0n) is 15.6. The number of benzene rings is 2. The van der Waals surface area contributed by atoms with E-state index in [-0.39, 0.29) is 11.9 Å². The lowest BCUT2D eigenvalue weighted by atomic mass is 9.96. The molecule has 140 valence electrons. The molecule has 0 radical (unpaired) electrons. The molecular weight excluding hydrogens is 350 g/mol. The fourth-order valence-corrected chi connectivity index (χ4v) is 3.44. The first-order valence-electron chi connectivity index (χ1n) is 9.14. The zero-order chi connectivity index (χ0) is 19.3. The molecule has 0 saturated carbocycles. The van der Waals surface area contributed by atoms with E-state index in [0.717, 1.165) is 16.3 Å². The number of fused-ring (bicyclic) bond motifs is 1. The molecule has 1 atom stereocenters. The summed E-state index contributed by atoms with van der Waals surface area (Å²) in [5.41, 5.74) is 1.77. The number of nitrogens with one attached hydrogen (secondary N) is 1. The molecule has 0 aliphatic heterocycles. The molecule has 0 fully saturated rings. The van der Waals surface area contributed by atoms with Crippen molar-refractivity contribution in [2.75, 3.05) is 12.4 Å². The molecular formula is C23H21N3O2. The van der Waals surface area contributed by atoms with E-state index in [0.29, 0.717) is 18.0 Å². The number of aromatic nitrogens is 2. The van der Waals surface area contributed by atoms with Gasteiger partial charge in [-0.1, -0.05) is 42.5 Å². The van der Waals surface area contributed by atoms with Gasteiger partial charge in [0.05, 0.1) is 31.5 Å². The third-order valence-electron chi connectivity index (χ3n) is 4.78. The molecule has 2 aromatic heterocycles. The molecule has 5 nitrogen and oxygen atoms in total. The summed E-state index contributed by atoms with van der Waals surface area (Å²) in [6.07, 6.45) is 5.90. The van der Waals surface area contributed by atoms with Crippen LogP contribution >= 0.6 is 0 Å². The summed E-state index contributed by atoms with van der Waals surface area (Å²) in [4.78, 5) is 16.9. The fraction of sp³-hybridized carbons (Fsp3) is 0.130. The number of nitrogens with zero attached hydrogens (tertiary/aromatic N) is 2. The highest BCUT2D eigenvalue weighted by Gasteiger charge is 2.19. The third-order valence-corrected chi connectivity index (χ3v) is 4.78. The maximum Gasteiger partial charge on any atom is 0.226 e. The first kappa shape index (κ1) is 17.8. The van der Waals surface area contributed by atoms with Crippen LogP contribution in [0, 0.1) is 0 Å². The molecule has 2 aromatic carbocycles. The van der Waals surface area contributed by atoms with E-state index < -0.39 is 0 Å². The number of methoxy groups -OCH3 is 1. The van der Waals surface area contributed by atoms with Gasteiger partial charge in [-0.25, -0.2) is 4.98 Å². The number of amides is 1. The molecule has 28 heavy (non-hydrogen) atoms. The molecule has 1 amide bonds. The average Bonchev–Trinajstić information content (AvgIpc) is 3.27. The molecule has 1 N–H and O–H groups in total. The second-order valence-electron chi connectivity index (χ2n) is 6.56. The summed E-state index contributed by atoms with van der Waals surface area (Å²) in [6, 6.07) is 21.8. The van der Waals surface area contributed by atoms with Gasteiger partial charge in [-0.2, -0.15) is 0 Å². The van der Waals surface area contributed by atoms with E-state index >= 15 is 0 Å². The molecule has 4 aromatic rings. The van der Waals surface area contributed by atoms with E-state index in [1.54, 1.807) is 25.4 Å². The molecule has 0 aliphatic carbocycles. The summed E-state index contributed by atoms with van der Waals surface area (Å²) in [5, 5.41) is 5.25. The second-order valence-corrected chi connectivity index (χ2v) is 6.56. The van der Waals surface area contributed by atoms with E-state index in [2.05, 4.69) is 39.1 Å². The van der Waals surface area contributed by atoms with Crippen molar-refractivity contribution in [3.63, 3.8) is 0 Å². The van der Waals surface area contributed by atoms with Crippen molar-refractivity contribution >= 4 is 22.4 Å². The Balaban J connectivity index is 1.62. The molecule has 0 saturated heterocycles. The number of hydrogen-bond acceptors (Lipinski definition) is 3. The number of pyridine rings is 1. The topological polar surface area (TPSA) is 56.1 Å². The van der Waals surface area contributed by atoms with Gasteiger partial charge in [0.1, 0.15) is 0 Å². The van der Waals surface area contributed by atoms with Crippen molar-refractivity contribution in [1.29, 1.82) is 0 Å². The number of hydrogen-bond donors (Lipinski definition) is 1. The smallest absolute Gasteiger partial charge is 0.226 e. The van der Waals surface area contributed by atoms with Crippen LogP contribution in [0.2, 0.25) is 0 Å². The van der Waals surface area contributed by atoms with Gasteiger partial charge < -0.3 is 14.6 Å². The summed E-state index contributed by atoms with van der Waals surface area (Å²) in [6.45, 7) is 0. The van der Waals surface area contributed by atoms with Crippen LogP contribution in [0.3, 0.4) is 0 Å². The number of carbonyl (C=O) groups is 1. The van der Waals surface area contributed by atoms with Crippen LogP contribution in [0.4, 0.5) is 5.69 Å². The summed E-state index contributed by atoms with van der Waals surface area (Å²) < 4.78 is 7.14. The Kier molecular flexibility index (Phi) is 5.06. The van der Waals surface area contributed by atoms with Crippen LogP contribution in [0.25, 0.3) is 10.8 Å². The van der Waals surface area contributed by atoms with Gasteiger partial charge in [-0.05, 0) is 34.5 Å². The van der Waals surface area contributed by atoms with Gasteiger partial charge in [0, 0.05) is 18.5 Å². The van der Waals surface area contributed by atoms with Crippen LogP contribution < -0.4 is 10.1 Å². The summed E-state index contributed by atoms with van der Waals surface area (Å²) >= 11 is 0. The lowest BCUT2D eigenvalue weighted by Crippen LogP contribution is -2.20. The first-order chi connectivity index (χ1) is 13.7. The van der Waals surface area contributed by atoms with Gasteiger partial charge in [0.25, 0.3) is 0 Å². The summed E-state index contributed by atoms with van der Waals surface area (Å²) in [7, 11) is 1.56. The van der Waals surface area contributed by atoms with Gasteiger partial charge in [0.2, 0.25) is 11.8 Å². The van der Waals surface area contributed by atoms with Gasteiger partial charge >= 0.3 is 0 Å². The SMILES string of the molecule is COc1ccc(NC(=O)C[C@@H](c2cccc3ccccc23)n2cccc2)cn1. The highest BCUT2D eigenvalue weighted by molar-refractivity contribution is 5.92. The first-order valence-corrected chi connectivity index (χ1v) is 9.14. The Bertz CT molecular complexity index is 1070. The quantitative estimate of drug-likeness (QED) is 0.536. The standard InChI is InChI=1S/C23H21N3O2/c1-28-23-12-11-18(16-24-23)25-22(27)15-21(26-13-4-5-14-26)20-10-6-8-17-7-2-3-9-19(17)20/h2-14,16,21H,15H2,1H3,(H,25,27)/t21-/m0/s1. The minimum absolute atomic E-state index is 0.0707. The van der Waals surface area contributed by atoms with Gasteiger partial charge in [-0.15, -0.1) is 0 Å². The molecule has 0 spiro atoms. The largest absolute Gasteiger partial charge is 0.481 e. The minimum Gasteiger partial charge on any atom is -0.481 e. The van der Waals surface area contributed by atoms with E-state index in [9.17, 15) is 4.79 Å². The minimum atomic E-state index is -0.104. The van der Waals surface area contributed by atoms with E-state index in [1.807, 2.05) is 42.7 Å². The average molecular weight is 371 g/mol. The van der Waals surface area contributed by atoms with E-state index in [4.69, 9.17) is 4.74 Å². The Labute approximate surface area is 163 Å². The van der Waals surface area contributed by atoms with Crippen LogP contribution in [0.1, 0.15) is 18.0 Å². The van der Waals surface area contributed by atoms with Crippen LogP contribution in [0.15, 0.2) is 85.3 Å². The van der Waals surface area contributed by atoms with Crippen molar-refractivity contribution < 1.29 is 9.53 Å². The Hall–Kier alpha value is -3.60. The predicted molar refractivity (Wildman–Crippen MR) is 111 cm³/mol. The van der Waals surface area contributed by atoms with Gasteiger partial charge in [0.15, 0.2) is 0 Å². The van der Waals surface area contributed by atoms with Crippen molar-refractivity contribution in [2.45, 2.75) is 12.5 Å². The molecule has 0 unspecified atom stereocenters. The normalized spacial score (nSPS) is 11.9. The number of carbonyl (C=O) groups excluding carboxylic acids is 1. The molecule has 4 rings (SSSR count). The van der Waals surface area contributed by atoms with E-state index in [1.165, 1.54) is 0 Å². The van der Waals surface area contributed by atoms with Gasteiger partial charge in [-0.3, -0.25) is 4.79 Å². The number of rotatable bonds is 6. The Morgan fingerprint density at radius 1 is 1.04 bits per heavy atom. The third kappa shape index (κ3) is 3.74. The lowest BCUT2D eigenvalue weighted by molar-refractivity contribution is -0.116. The highest BCUT2D eigenvalue weighted by atomic mass is 16.5. The fourth-order valence-electron chi connectivity index (χ4n) is 3.44. The zero-order valence-corrected chi connectivity index (χ0v) is 15.6. The second kappa shape index (κ2) is 7.96.